The molecular weight excluding hydrogens is 286 g/mol. The second-order valence-electron chi connectivity index (χ2n) is 4.22. The first-order valence-corrected chi connectivity index (χ1v) is 7.38. The lowest BCUT2D eigenvalue weighted by atomic mass is 10.3. The number of nitrogens with zero attached hydrogens (tertiary/aromatic N) is 2. The van der Waals surface area contributed by atoms with E-state index in [1.807, 2.05) is 6.92 Å². The molecule has 1 N–H and O–H groups in total. The Labute approximate surface area is 121 Å². The van der Waals surface area contributed by atoms with E-state index in [0.29, 0.717) is 41.9 Å². The van der Waals surface area contributed by atoms with E-state index in [1.165, 1.54) is 11.3 Å². The normalized spacial score (nSPS) is 15.5. The van der Waals surface area contributed by atoms with Gasteiger partial charge in [-0.2, -0.15) is 0 Å². The zero-order valence-corrected chi connectivity index (χ0v) is 12.3. The molecule has 104 valence electrons. The van der Waals surface area contributed by atoms with Crippen LogP contribution in [0.5, 0.6) is 0 Å². The number of hydrogen-bond donors (Lipinski definition) is 1. The monoisotopic (exact) mass is 301 g/mol. The lowest BCUT2D eigenvalue weighted by Crippen LogP contribution is -2.53. The number of hydrogen-bond acceptors (Lipinski definition) is 3. The third-order valence-corrected chi connectivity index (χ3v) is 4.19. The molecule has 2 heterocycles. The molecule has 1 fully saturated rings. The van der Waals surface area contributed by atoms with E-state index in [0.717, 1.165) is 0 Å². The third kappa shape index (κ3) is 3.39. The Bertz CT molecular complexity index is 469. The summed E-state index contributed by atoms with van der Waals surface area (Å²) in [7, 11) is 0. The number of rotatable bonds is 2. The van der Waals surface area contributed by atoms with E-state index in [2.05, 4.69) is 5.32 Å². The molecule has 1 saturated heterocycles. The van der Waals surface area contributed by atoms with Crippen molar-refractivity contribution in [2.24, 2.45) is 0 Å². The molecule has 0 saturated carbocycles. The Morgan fingerprint density at radius 1 is 1.26 bits per heavy atom. The maximum Gasteiger partial charge on any atom is 0.317 e. The van der Waals surface area contributed by atoms with Crippen LogP contribution in [-0.4, -0.2) is 54.5 Å². The quantitative estimate of drug-likeness (QED) is 0.907. The van der Waals surface area contributed by atoms with Gasteiger partial charge >= 0.3 is 6.03 Å². The number of urea groups is 1. The van der Waals surface area contributed by atoms with E-state index in [9.17, 15) is 9.59 Å². The van der Waals surface area contributed by atoms with Crippen molar-refractivity contribution in [2.75, 3.05) is 32.7 Å². The van der Waals surface area contributed by atoms with Gasteiger partial charge in [0.2, 0.25) is 0 Å². The standard InChI is InChI=1S/C12H16ClN3O2S/c1-2-14-12(18)16-7-5-15(6-8-16)11(17)9-3-4-10(13)19-9/h3-4H,2,5-8H2,1H3,(H,14,18). The Morgan fingerprint density at radius 2 is 1.89 bits per heavy atom. The summed E-state index contributed by atoms with van der Waals surface area (Å²) in [5.41, 5.74) is 0. The Morgan fingerprint density at radius 3 is 2.42 bits per heavy atom. The molecule has 0 radical (unpaired) electrons. The molecule has 0 unspecified atom stereocenters. The molecule has 1 aromatic rings. The van der Waals surface area contributed by atoms with Crippen LogP contribution in [0.3, 0.4) is 0 Å². The van der Waals surface area contributed by atoms with Crippen molar-refractivity contribution >= 4 is 34.9 Å². The van der Waals surface area contributed by atoms with Crippen molar-refractivity contribution in [1.82, 2.24) is 15.1 Å². The van der Waals surface area contributed by atoms with Gasteiger partial charge in [-0.25, -0.2) is 4.79 Å². The molecule has 0 aromatic carbocycles. The fourth-order valence-electron chi connectivity index (χ4n) is 1.96. The van der Waals surface area contributed by atoms with Gasteiger partial charge in [0.05, 0.1) is 9.21 Å². The van der Waals surface area contributed by atoms with Crippen LogP contribution < -0.4 is 5.32 Å². The fourth-order valence-corrected chi connectivity index (χ4v) is 2.97. The number of nitrogens with one attached hydrogen (secondary N) is 1. The third-order valence-electron chi connectivity index (χ3n) is 2.97. The van der Waals surface area contributed by atoms with Crippen LogP contribution in [0.25, 0.3) is 0 Å². The molecule has 0 atom stereocenters. The summed E-state index contributed by atoms with van der Waals surface area (Å²) in [6.07, 6.45) is 0. The molecule has 7 heteroatoms. The maximum atomic E-state index is 12.2. The molecule has 0 bridgehead atoms. The maximum absolute atomic E-state index is 12.2. The van der Waals surface area contributed by atoms with Crippen LogP contribution in [-0.2, 0) is 0 Å². The van der Waals surface area contributed by atoms with Crippen LogP contribution in [0.15, 0.2) is 12.1 Å². The molecule has 1 aliphatic rings. The van der Waals surface area contributed by atoms with E-state index < -0.39 is 0 Å². The van der Waals surface area contributed by atoms with Gasteiger partial charge in [-0.05, 0) is 19.1 Å². The summed E-state index contributed by atoms with van der Waals surface area (Å²) < 4.78 is 0.615. The highest BCUT2D eigenvalue weighted by molar-refractivity contribution is 7.17. The largest absolute Gasteiger partial charge is 0.338 e. The first kappa shape index (κ1) is 14.1. The van der Waals surface area contributed by atoms with Crippen LogP contribution in [0, 0.1) is 0 Å². The predicted molar refractivity (Wildman–Crippen MR) is 75.9 cm³/mol. The lowest BCUT2D eigenvalue weighted by molar-refractivity contribution is 0.0670. The SMILES string of the molecule is CCNC(=O)N1CCN(C(=O)c2ccc(Cl)s2)CC1. The van der Waals surface area contributed by atoms with Gasteiger partial charge in [-0.15, -0.1) is 11.3 Å². The highest BCUT2D eigenvalue weighted by atomic mass is 35.5. The Hall–Kier alpha value is -1.27. The molecule has 19 heavy (non-hydrogen) atoms. The number of piperazine rings is 1. The zero-order valence-electron chi connectivity index (χ0n) is 10.7. The minimum absolute atomic E-state index is 0.00699. The van der Waals surface area contributed by atoms with Crippen molar-refractivity contribution in [3.63, 3.8) is 0 Å². The van der Waals surface area contributed by atoms with Crippen LogP contribution >= 0.6 is 22.9 Å². The highest BCUT2D eigenvalue weighted by Crippen LogP contribution is 2.23. The van der Waals surface area contributed by atoms with Crippen LogP contribution in [0.1, 0.15) is 16.6 Å². The molecular formula is C12H16ClN3O2S. The van der Waals surface area contributed by atoms with Crippen molar-refractivity contribution in [1.29, 1.82) is 0 Å². The van der Waals surface area contributed by atoms with Crippen LogP contribution in [0.4, 0.5) is 4.79 Å². The van der Waals surface area contributed by atoms with Gasteiger partial charge in [0.1, 0.15) is 0 Å². The summed E-state index contributed by atoms with van der Waals surface area (Å²) in [6.45, 7) is 4.76. The highest BCUT2D eigenvalue weighted by Gasteiger charge is 2.25. The Kier molecular flexibility index (Phi) is 4.66. The summed E-state index contributed by atoms with van der Waals surface area (Å²) >= 11 is 7.12. The van der Waals surface area contributed by atoms with Crippen molar-refractivity contribution < 1.29 is 9.59 Å². The molecule has 2 rings (SSSR count). The number of amides is 3. The predicted octanol–water partition coefficient (Wildman–Crippen LogP) is 1.89. The number of halogens is 1. The number of thiophene rings is 1. The summed E-state index contributed by atoms with van der Waals surface area (Å²) in [6, 6.07) is 3.41. The van der Waals surface area contributed by atoms with Gasteiger partial charge < -0.3 is 15.1 Å². The average Bonchev–Trinajstić information content (AvgIpc) is 2.85. The molecule has 0 aliphatic carbocycles. The van der Waals surface area contributed by atoms with E-state index in [1.54, 1.807) is 21.9 Å². The van der Waals surface area contributed by atoms with Crippen molar-refractivity contribution in [3.05, 3.63) is 21.3 Å². The summed E-state index contributed by atoms with van der Waals surface area (Å²) in [5, 5.41) is 2.76. The van der Waals surface area contributed by atoms with E-state index in [-0.39, 0.29) is 11.9 Å². The summed E-state index contributed by atoms with van der Waals surface area (Å²) in [5.74, 6) is -0.00699. The topological polar surface area (TPSA) is 52.7 Å². The van der Waals surface area contributed by atoms with E-state index in [4.69, 9.17) is 11.6 Å². The van der Waals surface area contributed by atoms with Crippen molar-refractivity contribution in [3.8, 4) is 0 Å². The smallest absolute Gasteiger partial charge is 0.317 e. The van der Waals surface area contributed by atoms with Crippen molar-refractivity contribution in [2.45, 2.75) is 6.92 Å². The first-order chi connectivity index (χ1) is 9.11. The first-order valence-electron chi connectivity index (χ1n) is 6.19. The van der Waals surface area contributed by atoms with Gasteiger partial charge in [0.25, 0.3) is 5.91 Å². The second-order valence-corrected chi connectivity index (χ2v) is 5.93. The molecule has 5 nitrogen and oxygen atoms in total. The number of carbonyl (C=O) groups is 2. The molecule has 3 amide bonds. The fraction of sp³-hybridized carbons (Fsp3) is 0.500. The minimum Gasteiger partial charge on any atom is -0.338 e. The van der Waals surface area contributed by atoms with Crippen LogP contribution in [0.2, 0.25) is 4.34 Å². The van der Waals surface area contributed by atoms with Gasteiger partial charge in [-0.1, -0.05) is 11.6 Å². The average molecular weight is 302 g/mol. The second kappa shape index (κ2) is 6.25. The number of carbonyl (C=O) groups excluding carboxylic acids is 2. The molecule has 1 aliphatic heterocycles. The van der Waals surface area contributed by atoms with Gasteiger partial charge in [-0.3, -0.25) is 4.79 Å². The Balaban J connectivity index is 1.89. The lowest BCUT2D eigenvalue weighted by Gasteiger charge is -2.34. The molecule has 0 spiro atoms. The van der Waals surface area contributed by atoms with Gasteiger partial charge in [0.15, 0.2) is 0 Å². The molecule has 1 aromatic heterocycles. The summed E-state index contributed by atoms with van der Waals surface area (Å²) in [4.78, 5) is 28.0. The minimum atomic E-state index is -0.0613. The van der Waals surface area contributed by atoms with Gasteiger partial charge in [0, 0.05) is 32.7 Å². The van der Waals surface area contributed by atoms with E-state index >= 15 is 0 Å². The zero-order chi connectivity index (χ0) is 13.8.